The number of halogens is 2. The molecule has 0 atom stereocenters. The van der Waals surface area contributed by atoms with Crippen molar-refractivity contribution in [1.82, 2.24) is 10.3 Å². The molecule has 1 aromatic heterocycles. The molecule has 1 aromatic carbocycles. The lowest BCUT2D eigenvalue weighted by Crippen LogP contribution is -2.14. The van der Waals surface area contributed by atoms with E-state index in [9.17, 15) is 9.50 Å². The van der Waals surface area contributed by atoms with Gasteiger partial charge < -0.3 is 15.5 Å². The van der Waals surface area contributed by atoms with Crippen LogP contribution in [0.15, 0.2) is 30.5 Å². The maximum Gasteiger partial charge on any atom is 0.165 e. The van der Waals surface area contributed by atoms with Crippen LogP contribution in [0.4, 0.5) is 4.39 Å². The first-order chi connectivity index (χ1) is 9.08. The fraction of sp³-hybridized carbons (Fsp3) is 0.154. The second-order valence-electron chi connectivity index (χ2n) is 3.99. The first kappa shape index (κ1) is 13.6. The summed E-state index contributed by atoms with van der Waals surface area (Å²) in [5, 5.41) is 21.6. The van der Waals surface area contributed by atoms with Crippen LogP contribution in [0.25, 0.3) is 0 Å². The van der Waals surface area contributed by atoms with E-state index in [0.29, 0.717) is 17.7 Å². The van der Waals surface area contributed by atoms with Crippen molar-refractivity contribution in [3.05, 3.63) is 52.6 Å². The number of rotatable bonds is 4. The Balaban J connectivity index is 1.98. The molecule has 2 rings (SSSR count). The summed E-state index contributed by atoms with van der Waals surface area (Å²) in [5.74, 6) is -0.569. The molecule has 6 heteroatoms. The molecule has 0 radical (unpaired) electrons. The van der Waals surface area contributed by atoms with E-state index in [2.05, 4.69) is 10.3 Å². The van der Waals surface area contributed by atoms with E-state index in [1.807, 2.05) is 0 Å². The Kier molecular flexibility index (Phi) is 4.19. The molecule has 1 heterocycles. The van der Waals surface area contributed by atoms with Crippen LogP contribution in [0.2, 0.25) is 5.15 Å². The number of phenolic OH excluding ortho intramolecular Hbond substituents is 2. The molecule has 0 amide bonds. The van der Waals surface area contributed by atoms with Crippen LogP contribution in [0, 0.1) is 5.82 Å². The highest BCUT2D eigenvalue weighted by atomic mass is 35.5. The number of aromatic nitrogens is 1. The number of pyridine rings is 1. The van der Waals surface area contributed by atoms with Gasteiger partial charge in [0.2, 0.25) is 0 Å². The van der Waals surface area contributed by atoms with Gasteiger partial charge >= 0.3 is 0 Å². The van der Waals surface area contributed by atoms with Crippen molar-refractivity contribution >= 4 is 11.6 Å². The van der Waals surface area contributed by atoms with Gasteiger partial charge in [0.05, 0.1) is 0 Å². The summed E-state index contributed by atoms with van der Waals surface area (Å²) < 4.78 is 13.5. The lowest BCUT2D eigenvalue weighted by molar-refractivity contribution is 0.443. The Labute approximate surface area is 114 Å². The van der Waals surface area contributed by atoms with Crippen LogP contribution in [0.1, 0.15) is 11.1 Å². The third-order valence-electron chi connectivity index (χ3n) is 2.63. The molecule has 0 unspecified atom stereocenters. The predicted octanol–water partition coefficient (Wildman–Crippen LogP) is 2.58. The predicted molar refractivity (Wildman–Crippen MR) is 69.5 cm³/mol. The maximum absolute atomic E-state index is 13.5. The number of benzene rings is 1. The van der Waals surface area contributed by atoms with Crippen LogP contribution in [0.3, 0.4) is 0 Å². The molecule has 0 saturated heterocycles. The Morgan fingerprint density at radius 2 is 1.89 bits per heavy atom. The van der Waals surface area contributed by atoms with E-state index in [1.54, 1.807) is 6.07 Å². The fourth-order valence-corrected chi connectivity index (χ4v) is 1.80. The summed E-state index contributed by atoms with van der Waals surface area (Å²) in [6.45, 7) is 0.597. The quantitative estimate of drug-likeness (QED) is 0.754. The highest BCUT2D eigenvalue weighted by Gasteiger charge is 2.07. The zero-order valence-corrected chi connectivity index (χ0v) is 10.7. The average Bonchev–Trinajstić information content (AvgIpc) is 2.37. The van der Waals surface area contributed by atoms with Crippen molar-refractivity contribution in [2.45, 2.75) is 13.1 Å². The van der Waals surface area contributed by atoms with Crippen molar-refractivity contribution in [2.24, 2.45) is 0 Å². The van der Waals surface area contributed by atoms with Gasteiger partial charge in [-0.25, -0.2) is 9.37 Å². The largest absolute Gasteiger partial charge is 0.508 e. The van der Waals surface area contributed by atoms with E-state index in [4.69, 9.17) is 16.7 Å². The number of phenols is 2. The molecule has 0 aliphatic rings. The van der Waals surface area contributed by atoms with Crippen molar-refractivity contribution in [2.75, 3.05) is 0 Å². The highest BCUT2D eigenvalue weighted by Crippen LogP contribution is 2.22. The van der Waals surface area contributed by atoms with Crippen LogP contribution in [0.5, 0.6) is 11.5 Å². The van der Waals surface area contributed by atoms with Gasteiger partial charge in [0.1, 0.15) is 11.5 Å². The standard InChI is InChI=1S/C13H12ClFN2O2/c14-13-12(15)9(3-4-17-13)7-16-6-8-1-2-10(18)5-11(8)19/h1-5,16,18-19H,6-7H2. The van der Waals surface area contributed by atoms with Crippen LogP contribution in [-0.2, 0) is 13.1 Å². The van der Waals surface area contributed by atoms with Crippen LogP contribution >= 0.6 is 11.6 Å². The molecule has 0 spiro atoms. The smallest absolute Gasteiger partial charge is 0.165 e. The highest BCUT2D eigenvalue weighted by molar-refractivity contribution is 6.29. The van der Waals surface area contributed by atoms with E-state index in [1.165, 1.54) is 24.4 Å². The number of nitrogens with zero attached hydrogens (tertiary/aromatic N) is 1. The summed E-state index contributed by atoms with van der Waals surface area (Å²) in [6.07, 6.45) is 1.43. The minimum absolute atomic E-state index is 0.00629. The Hall–Kier alpha value is -1.85. The fourth-order valence-electron chi connectivity index (χ4n) is 1.63. The van der Waals surface area contributed by atoms with Crippen molar-refractivity contribution in [3.63, 3.8) is 0 Å². The van der Waals surface area contributed by atoms with Gasteiger partial charge in [0.25, 0.3) is 0 Å². The summed E-state index contributed by atoms with van der Waals surface area (Å²) in [5.41, 5.74) is 1.01. The Morgan fingerprint density at radius 3 is 2.63 bits per heavy atom. The van der Waals surface area contributed by atoms with Crippen LogP contribution < -0.4 is 5.32 Å². The number of hydrogen-bond donors (Lipinski definition) is 3. The zero-order valence-electron chi connectivity index (χ0n) is 9.90. The molecular weight excluding hydrogens is 271 g/mol. The number of hydrogen-bond acceptors (Lipinski definition) is 4. The van der Waals surface area contributed by atoms with Gasteiger partial charge in [0, 0.05) is 36.5 Å². The molecule has 2 aromatic rings. The Bertz CT molecular complexity index is 593. The van der Waals surface area contributed by atoms with Gasteiger partial charge in [-0.15, -0.1) is 0 Å². The maximum atomic E-state index is 13.5. The SMILES string of the molecule is Oc1ccc(CNCc2ccnc(Cl)c2F)c(O)c1. The van der Waals surface area contributed by atoms with Gasteiger partial charge in [-0.3, -0.25) is 0 Å². The molecule has 100 valence electrons. The van der Waals surface area contributed by atoms with E-state index in [0.717, 1.165) is 0 Å². The molecular formula is C13H12ClFN2O2. The lowest BCUT2D eigenvalue weighted by atomic mass is 10.2. The van der Waals surface area contributed by atoms with E-state index >= 15 is 0 Å². The molecule has 0 bridgehead atoms. The second-order valence-corrected chi connectivity index (χ2v) is 4.35. The summed E-state index contributed by atoms with van der Waals surface area (Å²) in [7, 11) is 0. The molecule has 19 heavy (non-hydrogen) atoms. The van der Waals surface area contributed by atoms with E-state index in [-0.39, 0.29) is 23.2 Å². The molecule has 3 N–H and O–H groups in total. The normalized spacial score (nSPS) is 10.6. The molecule has 4 nitrogen and oxygen atoms in total. The van der Waals surface area contributed by atoms with Crippen LogP contribution in [-0.4, -0.2) is 15.2 Å². The minimum Gasteiger partial charge on any atom is -0.508 e. The van der Waals surface area contributed by atoms with Gasteiger partial charge in [-0.2, -0.15) is 0 Å². The first-order valence-electron chi connectivity index (χ1n) is 5.58. The summed E-state index contributed by atoms with van der Waals surface area (Å²) in [4.78, 5) is 3.62. The van der Waals surface area contributed by atoms with E-state index < -0.39 is 5.82 Å². The van der Waals surface area contributed by atoms with Gasteiger partial charge in [0.15, 0.2) is 11.0 Å². The summed E-state index contributed by atoms with van der Waals surface area (Å²) >= 11 is 5.57. The minimum atomic E-state index is -0.549. The Morgan fingerprint density at radius 1 is 1.16 bits per heavy atom. The average molecular weight is 283 g/mol. The van der Waals surface area contributed by atoms with Gasteiger partial charge in [-0.05, 0) is 12.1 Å². The number of nitrogens with one attached hydrogen (secondary N) is 1. The third kappa shape index (κ3) is 3.33. The van der Waals surface area contributed by atoms with Crippen molar-refractivity contribution < 1.29 is 14.6 Å². The third-order valence-corrected chi connectivity index (χ3v) is 2.89. The molecule has 0 saturated carbocycles. The second kappa shape index (κ2) is 5.86. The lowest BCUT2D eigenvalue weighted by Gasteiger charge is -2.08. The van der Waals surface area contributed by atoms with Crippen molar-refractivity contribution in [1.29, 1.82) is 0 Å². The molecule has 0 aliphatic carbocycles. The zero-order chi connectivity index (χ0) is 13.8. The molecule has 0 aliphatic heterocycles. The first-order valence-corrected chi connectivity index (χ1v) is 5.96. The topological polar surface area (TPSA) is 65.4 Å². The molecule has 0 fully saturated rings. The summed E-state index contributed by atoms with van der Waals surface area (Å²) in [6, 6.07) is 5.85. The van der Waals surface area contributed by atoms with Crippen molar-refractivity contribution in [3.8, 4) is 11.5 Å². The number of aromatic hydroxyl groups is 2. The van der Waals surface area contributed by atoms with Gasteiger partial charge in [-0.1, -0.05) is 17.7 Å². The monoisotopic (exact) mass is 282 g/mol.